The molecular weight excluding hydrogens is 250 g/mol. The summed E-state index contributed by atoms with van der Waals surface area (Å²) in [5.74, 6) is 1.96. The van der Waals surface area contributed by atoms with Crippen LogP contribution in [0.4, 0.5) is 5.82 Å². The number of fused-ring (bicyclic) bond motifs is 1. The van der Waals surface area contributed by atoms with Gasteiger partial charge in [-0.15, -0.1) is 0 Å². The van der Waals surface area contributed by atoms with Crippen LogP contribution >= 0.6 is 0 Å². The molecule has 2 aromatic heterocycles. The molecule has 1 saturated carbocycles. The Balaban J connectivity index is 1.63. The van der Waals surface area contributed by atoms with E-state index in [1.54, 1.807) is 6.26 Å². The highest BCUT2D eigenvalue weighted by atomic mass is 16.3. The van der Waals surface area contributed by atoms with Gasteiger partial charge in [0.2, 0.25) is 0 Å². The van der Waals surface area contributed by atoms with Crippen molar-refractivity contribution in [2.24, 2.45) is 5.92 Å². The van der Waals surface area contributed by atoms with E-state index in [0.29, 0.717) is 6.04 Å². The summed E-state index contributed by atoms with van der Waals surface area (Å²) in [5.41, 5.74) is 0.940. The Hall–Kier alpha value is -1.55. The van der Waals surface area contributed by atoms with Gasteiger partial charge in [0.1, 0.15) is 11.4 Å². The van der Waals surface area contributed by atoms with Gasteiger partial charge in [0.05, 0.1) is 11.6 Å². The maximum atomic E-state index is 5.52. The summed E-state index contributed by atoms with van der Waals surface area (Å²) >= 11 is 0. The molecule has 2 aliphatic rings. The standard InChI is InChI=1S/C16H21N3O/c1-2-13(17-7-1)11-19(10-12-3-4-12)16-14-6-9-20-15(14)5-8-18-16/h5-6,8-9,12-13,17H,1-4,7,10-11H2. The predicted molar refractivity (Wildman–Crippen MR) is 80.0 cm³/mol. The van der Waals surface area contributed by atoms with Crippen LogP contribution in [-0.2, 0) is 0 Å². The van der Waals surface area contributed by atoms with Crippen molar-refractivity contribution in [3.8, 4) is 0 Å². The molecule has 1 aliphatic carbocycles. The third-order valence-electron chi connectivity index (χ3n) is 4.44. The number of nitrogens with one attached hydrogen (secondary N) is 1. The highest BCUT2D eigenvalue weighted by molar-refractivity contribution is 5.88. The molecule has 1 aliphatic heterocycles. The highest BCUT2D eigenvalue weighted by Gasteiger charge is 2.28. The van der Waals surface area contributed by atoms with Crippen molar-refractivity contribution in [3.05, 3.63) is 24.6 Å². The molecule has 3 heterocycles. The second-order valence-corrected chi connectivity index (χ2v) is 6.11. The van der Waals surface area contributed by atoms with Crippen molar-refractivity contribution in [1.82, 2.24) is 10.3 Å². The lowest BCUT2D eigenvalue weighted by molar-refractivity contribution is 0.568. The zero-order chi connectivity index (χ0) is 13.4. The Bertz CT molecular complexity index is 584. The van der Waals surface area contributed by atoms with E-state index in [4.69, 9.17) is 4.42 Å². The van der Waals surface area contributed by atoms with Crippen LogP contribution in [0.25, 0.3) is 11.0 Å². The first-order chi connectivity index (χ1) is 9.90. The molecule has 1 saturated heterocycles. The summed E-state index contributed by atoms with van der Waals surface area (Å²) in [4.78, 5) is 7.11. The van der Waals surface area contributed by atoms with Gasteiger partial charge in [-0.1, -0.05) is 0 Å². The zero-order valence-corrected chi connectivity index (χ0v) is 11.7. The van der Waals surface area contributed by atoms with Crippen LogP contribution in [0.3, 0.4) is 0 Å². The Kier molecular flexibility index (Phi) is 3.11. The summed E-state index contributed by atoms with van der Waals surface area (Å²) in [6, 6.07) is 4.60. The van der Waals surface area contributed by atoms with Gasteiger partial charge in [-0.3, -0.25) is 0 Å². The minimum Gasteiger partial charge on any atom is -0.464 e. The highest BCUT2D eigenvalue weighted by Crippen LogP contribution is 2.33. The third kappa shape index (κ3) is 2.40. The van der Waals surface area contributed by atoms with Crippen LogP contribution in [0, 0.1) is 5.92 Å². The lowest BCUT2D eigenvalue weighted by Crippen LogP contribution is -2.39. The van der Waals surface area contributed by atoms with Crippen LogP contribution in [0.5, 0.6) is 0 Å². The van der Waals surface area contributed by atoms with Crippen LogP contribution in [0.15, 0.2) is 29.0 Å². The molecule has 4 rings (SSSR count). The smallest absolute Gasteiger partial charge is 0.139 e. The number of pyridine rings is 1. The fraction of sp³-hybridized carbons (Fsp3) is 0.562. The predicted octanol–water partition coefficient (Wildman–Crippen LogP) is 2.80. The molecule has 106 valence electrons. The van der Waals surface area contributed by atoms with Crippen molar-refractivity contribution < 1.29 is 4.42 Å². The molecule has 0 spiro atoms. The number of hydrogen-bond acceptors (Lipinski definition) is 4. The Morgan fingerprint density at radius 1 is 1.25 bits per heavy atom. The number of aromatic nitrogens is 1. The van der Waals surface area contributed by atoms with Crippen LogP contribution in [-0.4, -0.2) is 30.7 Å². The molecule has 20 heavy (non-hydrogen) atoms. The molecule has 4 nitrogen and oxygen atoms in total. The number of furan rings is 1. The maximum absolute atomic E-state index is 5.52. The van der Waals surface area contributed by atoms with E-state index in [9.17, 15) is 0 Å². The van der Waals surface area contributed by atoms with Crippen LogP contribution in [0.1, 0.15) is 25.7 Å². The summed E-state index contributed by atoms with van der Waals surface area (Å²) in [6.45, 7) is 3.36. The first-order valence-electron chi connectivity index (χ1n) is 7.71. The number of anilines is 1. The molecule has 0 amide bonds. The van der Waals surface area contributed by atoms with Crippen molar-refractivity contribution in [2.45, 2.75) is 31.7 Å². The normalized spacial score (nSPS) is 22.5. The molecule has 1 atom stereocenters. The van der Waals surface area contributed by atoms with Crippen LogP contribution < -0.4 is 10.2 Å². The average Bonchev–Trinajstić information content (AvgIpc) is 2.93. The molecular formula is C16H21N3O. The number of rotatable bonds is 5. The molecule has 2 aromatic rings. The number of nitrogens with zero attached hydrogens (tertiary/aromatic N) is 2. The maximum Gasteiger partial charge on any atom is 0.139 e. The second kappa shape index (κ2) is 5.09. The van der Waals surface area contributed by atoms with E-state index >= 15 is 0 Å². The van der Waals surface area contributed by atoms with Crippen molar-refractivity contribution >= 4 is 16.8 Å². The third-order valence-corrected chi connectivity index (χ3v) is 4.44. The van der Waals surface area contributed by atoms with Crippen molar-refractivity contribution in [1.29, 1.82) is 0 Å². The fourth-order valence-electron chi connectivity index (χ4n) is 3.17. The molecule has 0 radical (unpaired) electrons. The quantitative estimate of drug-likeness (QED) is 0.908. The topological polar surface area (TPSA) is 41.3 Å². The molecule has 1 unspecified atom stereocenters. The van der Waals surface area contributed by atoms with Gasteiger partial charge in [0, 0.05) is 25.3 Å². The van der Waals surface area contributed by atoms with Gasteiger partial charge in [-0.05, 0) is 50.3 Å². The Morgan fingerprint density at radius 3 is 3.00 bits per heavy atom. The monoisotopic (exact) mass is 271 g/mol. The van der Waals surface area contributed by atoms with Gasteiger partial charge in [-0.2, -0.15) is 0 Å². The molecule has 0 bridgehead atoms. The summed E-state index contributed by atoms with van der Waals surface area (Å²) in [5, 5.41) is 4.74. The molecule has 1 N–H and O–H groups in total. The first-order valence-corrected chi connectivity index (χ1v) is 7.71. The van der Waals surface area contributed by atoms with Crippen molar-refractivity contribution in [2.75, 3.05) is 24.5 Å². The van der Waals surface area contributed by atoms with E-state index < -0.39 is 0 Å². The minimum atomic E-state index is 0.609. The summed E-state index contributed by atoms with van der Waals surface area (Å²) < 4.78 is 5.52. The van der Waals surface area contributed by atoms with Crippen LogP contribution in [0.2, 0.25) is 0 Å². The minimum absolute atomic E-state index is 0.609. The van der Waals surface area contributed by atoms with Crippen molar-refractivity contribution in [3.63, 3.8) is 0 Å². The number of hydrogen-bond donors (Lipinski definition) is 1. The van der Waals surface area contributed by atoms with E-state index in [-0.39, 0.29) is 0 Å². The molecule has 0 aromatic carbocycles. The Labute approximate surface area is 119 Å². The first kappa shape index (κ1) is 12.2. The van der Waals surface area contributed by atoms with Gasteiger partial charge in [-0.25, -0.2) is 4.98 Å². The lowest BCUT2D eigenvalue weighted by Gasteiger charge is -2.27. The largest absolute Gasteiger partial charge is 0.464 e. The van der Waals surface area contributed by atoms with Gasteiger partial charge in [0.15, 0.2) is 0 Å². The molecule has 4 heteroatoms. The zero-order valence-electron chi connectivity index (χ0n) is 11.7. The Morgan fingerprint density at radius 2 is 2.20 bits per heavy atom. The summed E-state index contributed by atoms with van der Waals surface area (Å²) in [6.07, 6.45) is 8.95. The van der Waals surface area contributed by atoms with E-state index in [2.05, 4.69) is 15.2 Å². The average molecular weight is 271 g/mol. The van der Waals surface area contributed by atoms with Gasteiger partial charge >= 0.3 is 0 Å². The van der Waals surface area contributed by atoms with E-state index in [1.165, 1.54) is 25.7 Å². The van der Waals surface area contributed by atoms with E-state index in [0.717, 1.165) is 42.3 Å². The van der Waals surface area contributed by atoms with Gasteiger partial charge in [0.25, 0.3) is 0 Å². The summed E-state index contributed by atoms with van der Waals surface area (Å²) in [7, 11) is 0. The lowest BCUT2D eigenvalue weighted by atomic mass is 10.2. The molecule has 2 fully saturated rings. The SMILES string of the molecule is c1cc2occc2c(N(CC2CC2)CC2CCCN2)n1. The van der Waals surface area contributed by atoms with E-state index in [1.807, 2.05) is 18.3 Å². The second-order valence-electron chi connectivity index (χ2n) is 6.11. The van der Waals surface area contributed by atoms with Gasteiger partial charge < -0.3 is 14.6 Å². The fourth-order valence-corrected chi connectivity index (χ4v) is 3.17.